The molecule has 116 valence electrons. The molecule has 0 unspecified atom stereocenters. The Balaban J connectivity index is 1.88. The fourth-order valence-electron chi connectivity index (χ4n) is 2.35. The van der Waals surface area contributed by atoms with Crippen molar-refractivity contribution in [3.8, 4) is 0 Å². The Bertz CT molecular complexity index is 647. The predicted octanol–water partition coefficient (Wildman–Crippen LogP) is 3.68. The number of rotatable bonds is 5. The van der Waals surface area contributed by atoms with Crippen molar-refractivity contribution in [1.29, 1.82) is 0 Å². The minimum absolute atomic E-state index is 0.00943. The van der Waals surface area contributed by atoms with Gasteiger partial charge in [-0.15, -0.1) is 0 Å². The Morgan fingerprint density at radius 1 is 1.00 bits per heavy atom. The van der Waals surface area contributed by atoms with E-state index in [1.165, 1.54) is 22.3 Å². The van der Waals surface area contributed by atoms with Gasteiger partial charge in [-0.25, -0.2) is 0 Å². The van der Waals surface area contributed by atoms with Crippen LogP contribution >= 0.6 is 0 Å². The van der Waals surface area contributed by atoms with E-state index in [2.05, 4.69) is 37.4 Å². The van der Waals surface area contributed by atoms with Crippen LogP contribution in [0.3, 0.4) is 0 Å². The molecular formula is C19H24N2O. The van der Waals surface area contributed by atoms with Crippen molar-refractivity contribution in [1.82, 2.24) is 4.90 Å². The summed E-state index contributed by atoms with van der Waals surface area (Å²) in [5, 5.41) is 2.93. The van der Waals surface area contributed by atoms with Gasteiger partial charge >= 0.3 is 0 Å². The van der Waals surface area contributed by atoms with E-state index in [1.54, 1.807) is 0 Å². The van der Waals surface area contributed by atoms with Crippen molar-refractivity contribution in [3.05, 3.63) is 64.7 Å². The third-order valence-corrected chi connectivity index (χ3v) is 3.77. The van der Waals surface area contributed by atoms with Gasteiger partial charge in [-0.1, -0.05) is 35.9 Å². The van der Waals surface area contributed by atoms with Crippen LogP contribution in [-0.4, -0.2) is 24.4 Å². The number of hydrogen-bond donors (Lipinski definition) is 1. The van der Waals surface area contributed by atoms with Crippen molar-refractivity contribution in [2.45, 2.75) is 27.3 Å². The van der Waals surface area contributed by atoms with Crippen molar-refractivity contribution in [2.24, 2.45) is 0 Å². The highest BCUT2D eigenvalue weighted by atomic mass is 16.2. The zero-order valence-electron chi connectivity index (χ0n) is 13.8. The summed E-state index contributed by atoms with van der Waals surface area (Å²) in [6.45, 7) is 7.40. The van der Waals surface area contributed by atoms with Crippen molar-refractivity contribution >= 4 is 11.6 Å². The van der Waals surface area contributed by atoms with Crippen LogP contribution < -0.4 is 5.32 Å². The highest BCUT2D eigenvalue weighted by Crippen LogP contribution is 2.12. The third-order valence-electron chi connectivity index (χ3n) is 3.77. The van der Waals surface area contributed by atoms with Crippen LogP contribution in [0.4, 0.5) is 5.69 Å². The lowest BCUT2D eigenvalue weighted by Crippen LogP contribution is -2.29. The molecule has 1 N–H and O–H groups in total. The molecule has 0 atom stereocenters. The van der Waals surface area contributed by atoms with Crippen LogP contribution in [0.1, 0.15) is 22.3 Å². The van der Waals surface area contributed by atoms with Crippen LogP contribution in [0.2, 0.25) is 0 Å². The molecule has 3 heteroatoms. The van der Waals surface area contributed by atoms with Crippen molar-refractivity contribution in [3.63, 3.8) is 0 Å². The number of amides is 1. The van der Waals surface area contributed by atoms with Crippen LogP contribution in [-0.2, 0) is 11.3 Å². The molecule has 0 aromatic heterocycles. The second kappa shape index (κ2) is 7.23. The number of hydrogen-bond acceptors (Lipinski definition) is 2. The summed E-state index contributed by atoms with van der Waals surface area (Å²) in [6.07, 6.45) is 0. The Kier molecular flexibility index (Phi) is 5.34. The summed E-state index contributed by atoms with van der Waals surface area (Å²) in [6, 6.07) is 14.3. The lowest BCUT2D eigenvalue weighted by atomic mass is 10.1. The summed E-state index contributed by atoms with van der Waals surface area (Å²) in [5.74, 6) is 0.00943. The number of nitrogens with one attached hydrogen (secondary N) is 1. The molecule has 0 aliphatic carbocycles. The molecule has 2 rings (SSSR count). The van der Waals surface area contributed by atoms with E-state index in [0.717, 1.165) is 12.2 Å². The molecule has 0 heterocycles. The second-order valence-electron chi connectivity index (χ2n) is 6.01. The molecule has 0 bridgehead atoms. The molecule has 2 aromatic carbocycles. The van der Waals surface area contributed by atoms with Gasteiger partial charge < -0.3 is 5.32 Å². The first kappa shape index (κ1) is 16.2. The molecular weight excluding hydrogens is 272 g/mol. The molecule has 0 saturated heterocycles. The topological polar surface area (TPSA) is 32.3 Å². The van der Waals surface area contributed by atoms with Gasteiger partial charge in [0.1, 0.15) is 0 Å². The monoisotopic (exact) mass is 296 g/mol. The number of nitrogens with zero attached hydrogens (tertiary/aromatic N) is 1. The Morgan fingerprint density at radius 2 is 1.68 bits per heavy atom. The van der Waals surface area contributed by atoms with E-state index < -0.39 is 0 Å². The molecule has 1 amide bonds. The number of carbonyl (C=O) groups excluding carboxylic acids is 1. The maximum absolute atomic E-state index is 12.1. The number of carbonyl (C=O) groups is 1. The molecule has 0 fully saturated rings. The van der Waals surface area contributed by atoms with Gasteiger partial charge in [-0.2, -0.15) is 0 Å². The summed E-state index contributed by atoms with van der Waals surface area (Å²) < 4.78 is 0. The van der Waals surface area contributed by atoms with Gasteiger partial charge in [0.05, 0.1) is 6.54 Å². The molecule has 3 nitrogen and oxygen atoms in total. The number of anilines is 1. The van der Waals surface area contributed by atoms with E-state index in [4.69, 9.17) is 0 Å². The number of aryl methyl sites for hydroxylation is 3. The average molecular weight is 296 g/mol. The molecule has 22 heavy (non-hydrogen) atoms. The first-order chi connectivity index (χ1) is 10.4. The van der Waals surface area contributed by atoms with Crippen molar-refractivity contribution in [2.75, 3.05) is 18.9 Å². The first-order valence-electron chi connectivity index (χ1n) is 7.55. The van der Waals surface area contributed by atoms with Crippen LogP contribution in [0.15, 0.2) is 42.5 Å². The quantitative estimate of drug-likeness (QED) is 0.913. The van der Waals surface area contributed by atoms with E-state index in [9.17, 15) is 4.79 Å². The second-order valence-corrected chi connectivity index (χ2v) is 6.01. The van der Waals surface area contributed by atoms with Gasteiger partial charge in [0, 0.05) is 12.2 Å². The maximum Gasteiger partial charge on any atom is 0.238 e. The van der Waals surface area contributed by atoms with E-state index in [1.807, 2.05) is 43.1 Å². The highest BCUT2D eigenvalue weighted by molar-refractivity contribution is 5.92. The van der Waals surface area contributed by atoms with Gasteiger partial charge in [-0.3, -0.25) is 9.69 Å². The minimum atomic E-state index is 0.00943. The molecule has 0 aliphatic rings. The van der Waals surface area contributed by atoms with E-state index in [-0.39, 0.29) is 5.91 Å². The van der Waals surface area contributed by atoms with E-state index >= 15 is 0 Å². The van der Waals surface area contributed by atoms with Gasteiger partial charge in [0.25, 0.3) is 0 Å². The summed E-state index contributed by atoms with van der Waals surface area (Å²) in [4.78, 5) is 14.1. The normalized spacial score (nSPS) is 10.8. The Labute approximate surface area is 133 Å². The maximum atomic E-state index is 12.1. The summed E-state index contributed by atoms with van der Waals surface area (Å²) >= 11 is 0. The standard InChI is InChI=1S/C19H24N2O/c1-14-5-9-18(10-6-14)20-19(22)13-21(4)12-17-8-7-15(2)16(3)11-17/h5-11H,12-13H2,1-4H3,(H,20,22). The van der Waals surface area contributed by atoms with Crippen LogP contribution in [0.25, 0.3) is 0 Å². The first-order valence-corrected chi connectivity index (χ1v) is 7.55. The zero-order valence-corrected chi connectivity index (χ0v) is 13.8. The van der Waals surface area contributed by atoms with Gasteiger partial charge in [0.15, 0.2) is 0 Å². The minimum Gasteiger partial charge on any atom is -0.325 e. The van der Waals surface area contributed by atoms with Crippen LogP contribution in [0, 0.1) is 20.8 Å². The zero-order chi connectivity index (χ0) is 16.1. The fourth-order valence-corrected chi connectivity index (χ4v) is 2.35. The fraction of sp³-hybridized carbons (Fsp3) is 0.316. The largest absolute Gasteiger partial charge is 0.325 e. The molecule has 0 saturated carbocycles. The third kappa shape index (κ3) is 4.71. The smallest absolute Gasteiger partial charge is 0.238 e. The highest BCUT2D eigenvalue weighted by Gasteiger charge is 2.08. The lowest BCUT2D eigenvalue weighted by molar-refractivity contribution is -0.117. The van der Waals surface area contributed by atoms with Gasteiger partial charge in [-0.05, 0) is 56.6 Å². The SMILES string of the molecule is Cc1ccc(NC(=O)CN(C)Cc2ccc(C)c(C)c2)cc1. The number of likely N-dealkylation sites (N-methyl/N-ethyl adjacent to an activating group) is 1. The Hall–Kier alpha value is -2.13. The number of benzene rings is 2. The van der Waals surface area contributed by atoms with E-state index in [0.29, 0.717) is 6.54 Å². The average Bonchev–Trinajstić information content (AvgIpc) is 2.45. The molecule has 2 aromatic rings. The summed E-state index contributed by atoms with van der Waals surface area (Å²) in [7, 11) is 1.96. The predicted molar refractivity (Wildman–Crippen MR) is 92.1 cm³/mol. The van der Waals surface area contributed by atoms with Crippen molar-refractivity contribution < 1.29 is 4.79 Å². The molecule has 0 radical (unpaired) electrons. The summed E-state index contributed by atoms with van der Waals surface area (Å²) in [5.41, 5.74) is 5.84. The van der Waals surface area contributed by atoms with Crippen LogP contribution in [0.5, 0.6) is 0 Å². The molecule has 0 spiro atoms. The Morgan fingerprint density at radius 3 is 2.32 bits per heavy atom. The molecule has 0 aliphatic heterocycles. The lowest BCUT2D eigenvalue weighted by Gasteiger charge is -2.17. The van der Waals surface area contributed by atoms with Gasteiger partial charge in [0.2, 0.25) is 5.91 Å².